The molecule has 0 saturated carbocycles. The lowest BCUT2D eigenvalue weighted by Crippen LogP contribution is -1.93. The van der Waals surface area contributed by atoms with Crippen LogP contribution in [0.2, 0.25) is 0 Å². The Morgan fingerprint density at radius 2 is 1.57 bits per heavy atom. The largest absolute Gasteiger partial charge is 0.354 e. The normalized spacial score (nSPS) is 11.2. The van der Waals surface area contributed by atoms with Crippen LogP contribution in [-0.4, -0.2) is 19.3 Å². The second-order valence-electron chi connectivity index (χ2n) is 7.28. The Bertz CT molecular complexity index is 1330. The van der Waals surface area contributed by atoms with Gasteiger partial charge in [0.2, 0.25) is 0 Å². The van der Waals surface area contributed by atoms with Crippen molar-refractivity contribution >= 4 is 22.4 Å². The van der Waals surface area contributed by atoms with Gasteiger partial charge in [0.25, 0.3) is 0 Å². The lowest BCUT2D eigenvalue weighted by atomic mass is 10.1. The van der Waals surface area contributed by atoms with E-state index >= 15 is 0 Å². The number of nitrogens with one attached hydrogen (secondary N) is 1. The standard InChI is InChI=1S/C24H20FN5/c1-29-15-18(14-26-29)16-8-12-20(13-9-16)27-21-4-3-5-22-23(21)28-24(30(22)2)17-6-10-19(25)11-7-17/h3-15,27H,1-2H3. The number of rotatable bonds is 4. The van der Waals surface area contributed by atoms with E-state index in [0.717, 1.165) is 44.9 Å². The van der Waals surface area contributed by atoms with Gasteiger partial charge in [-0.1, -0.05) is 18.2 Å². The van der Waals surface area contributed by atoms with E-state index in [9.17, 15) is 4.39 Å². The average Bonchev–Trinajstić information content (AvgIpc) is 3.34. The molecule has 6 heteroatoms. The van der Waals surface area contributed by atoms with Gasteiger partial charge in [0, 0.05) is 37.1 Å². The minimum Gasteiger partial charge on any atom is -0.354 e. The highest BCUT2D eigenvalue weighted by molar-refractivity contribution is 5.93. The van der Waals surface area contributed by atoms with E-state index < -0.39 is 0 Å². The van der Waals surface area contributed by atoms with Crippen LogP contribution in [0.5, 0.6) is 0 Å². The quantitative estimate of drug-likeness (QED) is 0.434. The fraction of sp³-hybridized carbons (Fsp3) is 0.0833. The maximum absolute atomic E-state index is 13.3. The molecule has 148 valence electrons. The van der Waals surface area contributed by atoms with Crippen LogP contribution in [0.3, 0.4) is 0 Å². The van der Waals surface area contributed by atoms with Gasteiger partial charge in [0.15, 0.2) is 0 Å². The van der Waals surface area contributed by atoms with Crippen molar-refractivity contribution in [3.63, 3.8) is 0 Å². The second-order valence-corrected chi connectivity index (χ2v) is 7.28. The summed E-state index contributed by atoms with van der Waals surface area (Å²) >= 11 is 0. The first-order valence-electron chi connectivity index (χ1n) is 9.66. The number of hydrogen-bond donors (Lipinski definition) is 1. The Hall–Kier alpha value is -3.93. The van der Waals surface area contributed by atoms with Crippen molar-refractivity contribution in [3.8, 4) is 22.5 Å². The molecule has 0 aliphatic carbocycles. The van der Waals surface area contributed by atoms with Gasteiger partial charge < -0.3 is 9.88 Å². The highest BCUT2D eigenvalue weighted by Crippen LogP contribution is 2.31. The first kappa shape index (κ1) is 18.1. The van der Waals surface area contributed by atoms with Gasteiger partial charge in [-0.15, -0.1) is 0 Å². The van der Waals surface area contributed by atoms with Crippen molar-refractivity contribution in [2.24, 2.45) is 14.1 Å². The maximum Gasteiger partial charge on any atom is 0.140 e. The Morgan fingerprint density at radius 3 is 2.27 bits per heavy atom. The molecule has 0 bridgehead atoms. The third-order valence-electron chi connectivity index (χ3n) is 5.22. The second kappa shape index (κ2) is 7.15. The smallest absolute Gasteiger partial charge is 0.140 e. The molecule has 5 nitrogen and oxygen atoms in total. The minimum absolute atomic E-state index is 0.255. The highest BCUT2D eigenvalue weighted by Gasteiger charge is 2.13. The zero-order valence-electron chi connectivity index (χ0n) is 16.7. The van der Waals surface area contributed by atoms with Gasteiger partial charge in [0.05, 0.1) is 17.4 Å². The van der Waals surface area contributed by atoms with E-state index in [4.69, 9.17) is 4.98 Å². The first-order valence-corrected chi connectivity index (χ1v) is 9.66. The van der Waals surface area contributed by atoms with Crippen LogP contribution in [0.4, 0.5) is 15.8 Å². The van der Waals surface area contributed by atoms with Gasteiger partial charge in [-0.3, -0.25) is 4.68 Å². The van der Waals surface area contributed by atoms with Crippen molar-refractivity contribution in [1.29, 1.82) is 0 Å². The summed E-state index contributed by atoms with van der Waals surface area (Å²) in [5.41, 5.74) is 6.85. The molecular formula is C24H20FN5. The maximum atomic E-state index is 13.3. The molecule has 0 unspecified atom stereocenters. The Balaban J connectivity index is 1.49. The molecule has 0 saturated heterocycles. The number of benzene rings is 3. The zero-order chi connectivity index (χ0) is 20.7. The minimum atomic E-state index is -0.255. The van der Waals surface area contributed by atoms with Crippen LogP contribution in [-0.2, 0) is 14.1 Å². The van der Waals surface area contributed by atoms with Crippen molar-refractivity contribution in [2.75, 3.05) is 5.32 Å². The van der Waals surface area contributed by atoms with Crippen LogP contribution in [0.15, 0.2) is 79.1 Å². The topological polar surface area (TPSA) is 47.7 Å². The molecule has 1 N–H and O–H groups in total. The molecular weight excluding hydrogens is 377 g/mol. The van der Waals surface area contributed by atoms with Crippen LogP contribution >= 0.6 is 0 Å². The SMILES string of the molecule is Cn1cc(-c2ccc(Nc3cccc4c3nc(-c3ccc(F)cc3)n4C)cc2)cn1. The predicted octanol–water partition coefficient (Wildman–Crippen LogP) is 5.52. The lowest BCUT2D eigenvalue weighted by Gasteiger charge is -2.08. The summed E-state index contributed by atoms with van der Waals surface area (Å²) in [6.07, 6.45) is 3.85. The molecule has 0 amide bonds. The van der Waals surface area contributed by atoms with Gasteiger partial charge in [-0.05, 0) is 54.1 Å². The van der Waals surface area contributed by atoms with Crippen molar-refractivity contribution in [3.05, 3.63) is 84.9 Å². The molecule has 0 atom stereocenters. The Morgan fingerprint density at radius 1 is 0.833 bits per heavy atom. The summed E-state index contributed by atoms with van der Waals surface area (Å²) in [4.78, 5) is 4.84. The van der Waals surface area contributed by atoms with E-state index in [1.165, 1.54) is 12.1 Å². The first-order chi connectivity index (χ1) is 14.6. The number of imidazole rings is 1. The van der Waals surface area contributed by atoms with Crippen LogP contribution in [0, 0.1) is 5.82 Å². The monoisotopic (exact) mass is 397 g/mol. The van der Waals surface area contributed by atoms with E-state index in [0.29, 0.717) is 0 Å². The van der Waals surface area contributed by atoms with Crippen LogP contribution in [0.25, 0.3) is 33.5 Å². The number of halogens is 1. The number of fused-ring (bicyclic) bond motifs is 1. The number of aryl methyl sites for hydroxylation is 2. The molecule has 5 rings (SSSR count). The third-order valence-corrected chi connectivity index (χ3v) is 5.22. The van der Waals surface area contributed by atoms with Crippen molar-refractivity contribution < 1.29 is 4.39 Å². The van der Waals surface area contributed by atoms with E-state index in [1.54, 1.807) is 16.8 Å². The Kier molecular flexibility index (Phi) is 4.32. The van der Waals surface area contributed by atoms with Crippen LogP contribution < -0.4 is 5.32 Å². The fourth-order valence-corrected chi connectivity index (χ4v) is 3.64. The summed E-state index contributed by atoms with van der Waals surface area (Å²) in [5, 5.41) is 7.70. The molecule has 0 aliphatic heterocycles. The van der Waals surface area contributed by atoms with Gasteiger partial charge >= 0.3 is 0 Å². The van der Waals surface area contributed by atoms with Crippen LogP contribution in [0.1, 0.15) is 0 Å². The molecule has 2 aromatic heterocycles. The van der Waals surface area contributed by atoms with E-state index in [2.05, 4.69) is 22.5 Å². The summed E-state index contributed by atoms with van der Waals surface area (Å²) in [5.74, 6) is 0.542. The molecule has 5 aromatic rings. The van der Waals surface area contributed by atoms with Crippen molar-refractivity contribution in [2.45, 2.75) is 0 Å². The third kappa shape index (κ3) is 3.22. The highest BCUT2D eigenvalue weighted by atomic mass is 19.1. The Labute approximate surface area is 173 Å². The lowest BCUT2D eigenvalue weighted by molar-refractivity contribution is 0.628. The molecule has 0 fully saturated rings. The molecule has 30 heavy (non-hydrogen) atoms. The van der Waals surface area contributed by atoms with E-state index in [-0.39, 0.29) is 5.82 Å². The molecule has 0 radical (unpaired) electrons. The summed E-state index contributed by atoms with van der Waals surface area (Å²) in [6, 6.07) is 20.7. The number of nitrogens with zero attached hydrogens (tertiary/aromatic N) is 4. The number of hydrogen-bond acceptors (Lipinski definition) is 3. The number of aromatic nitrogens is 4. The number of para-hydroxylation sites is 1. The summed E-state index contributed by atoms with van der Waals surface area (Å²) in [7, 11) is 3.88. The molecule has 0 aliphatic rings. The average molecular weight is 397 g/mol. The molecule has 3 aromatic carbocycles. The zero-order valence-corrected chi connectivity index (χ0v) is 16.7. The predicted molar refractivity (Wildman–Crippen MR) is 118 cm³/mol. The summed E-state index contributed by atoms with van der Waals surface area (Å²) in [6.45, 7) is 0. The fourth-order valence-electron chi connectivity index (χ4n) is 3.64. The van der Waals surface area contributed by atoms with E-state index in [1.807, 2.05) is 61.4 Å². The van der Waals surface area contributed by atoms with Gasteiger partial charge in [0.1, 0.15) is 17.2 Å². The number of anilines is 2. The summed E-state index contributed by atoms with van der Waals surface area (Å²) < 4.78 is 17.1. The molecule has 0 spiro atoms. The van der Waals surface area contributed by atoms with Gasteiger partial charge in [-0.25, -0.2) is 9.37 Å². The van der Waals surface area contributed by atoms with Crippen molar-refractivity contribution in [1.82, 2.24) is 19.3 Å². The van der Waals surface area contributed by atoms with Gasteiger partial charge in [-0.2, -0.15) is 5.10 Å². The molecule has 2 heterocycles.